The van der Waals surface area contributed by atoms with E-state index in [1.807, 2.05) is 6.07 Å². The largest absolute Gasteiger partial charge is 0.497 e. The molecule has 1 atom stereocenters. The quantitative estimate of drug-likeness (QED) is 0.885. The number of benzene rings is 1. The molecule has 0 spiro atoms. The molecule has 2 heteroatoms. The SMILES string of the molecule is COc1ccc2c(c1)CC(O)(CCC(C)C)CC2. The summed E-state index contributed by atoms with van der Waals surface area (Å²) in [4.78, 5) is 0. The zero-order valence-corrected chi connectivity index (χ0v) is 11.7. The number of rotatable bonds is 4. The minimum Gasteiger partial charge on any atom is -0.497 e. The van der Waals surface area contributed by atoms with E-state index in [0.717, 1.165) is 37.9 Å². The summed E-state index contributed by atoms with van der Waals surface area (Å²) in [6, 6.07) is 6.22. The highest BCUT2D eigenvalue weighted by atomic mass is 16.5. The molecule has 2 rings (SSSR count). The van der Waals surface area contributed by atoms with Crippen LogP contribution >= 0.6 is 0 Å². The molecule has 0 aromatic heterocycles. The van der Waals surface area contributed by atoms with Crippen LogP contribution in [-0.2, 0) is 12.8 Å². The van der Waals surface area contributed by atoms with E-state index in [1.165, 1.54) is 11.1 Å². The second-order valence-electron chi connectivity index (χ2n) is 5.97. The lowest BCUT2D eigenvalue weighted by Crippen LogP contribution is -2.36. The maximum Gasteiger partial charge on any atom is 0.119 e. The molecule has 0 amide bonds. The first-order valence-electron chi connectivity index (χ1n) is 6.90. The lowest BCUT2D eigenvalue weighted by Gasteiger charge is -2.34. The third-order valence-corrected chi connectivity index (χ3v) is 3.98. The number of aryl methyl sites for hydroxylation is 1. The normalized spacial score (nSPS) is 22.9. The van der Waals surface area contributed by atoms with Gasteiger partial charge in [0.05, 0.1) is 12.7 Å². The lowest BCUT2D eigenvalue weighted by atomic mass is 9.77. The Balaban J connectivity index is 2.12. The molecule has 0 saturated heterocycles. The molecule has 1 aromatic carbocycles. The van der Waals surface area contributed by atoms with Crippen LogP contribution in [0, 0.1) is 5.92 Å². The zero-order valence-electron chi connectivity index (χ0n) is 11.7. The molecule has 100 valence electrons. The fourth-order valence-electron chi connectivity index (χ4n) is 2.72. The fraction of sp³-hybridized carbons (Fsp3) is 0.625. The van der Waals surface area contributed by atoms with Gasteiger partial charge in [-0.3, -0.25) is 0 Å². The van der Waals surface area contributed by atoms with Gasteiger partial charge in [0.25, 0.3) is 0 Å². The van der Waals surface area contributed by atoms with Crippen molar-refractivity contribution in [1.82, 2.24) is 0 Å². The first-order valence-corrected chi connectivity index (χ1v) is 6.90. The van der Waals surface area contributed by atoms with Gasteiger partial charge in [0.1, 0.15) is 5.75 Å². The molecule has 0 heterocycles. The highest BCUT2D eigenvalue weighted by molar-refractivity contribution is 5.38. The van der Waals surface area contributed by atoms with Gasteiger partial charge in [-0.05, 0) is 54.9 Å². The van der Waals surface area contributed by atoms with E-state index in [-0.39, 0.29) is 0 Å². The van der Waals surface area contributed by atoms with Crippen LogP contribution in [-0.4, -0.2) is 17.8 Å². The Bertz CT molecular complexity index is 412. The number of methoxy groups -OCH3 is 1. The van der Waals surface area contributed by atoms with E-state index in [9.17, 15) is 5.11 Å². The summed E-state index contributed by atoms with van der Waals surface area (Å²) in [6.07, 6.45) is 4.64. The van der Waals surface area contributed by atoms with Gasteiger partial charge in [-0.1, -0.05) is 19.9 Å². The van der Waals surface area contributed by atoms with Crippen molar-refractivity contribution in [3.8, 4) is 5.75 Å². The summed E-state index contributed by atoms with van der Waals surface area (Å²) in [5, 5.41) is 10.7. The van der Waals surface area contributed by atoms with Crippen molar-refractivity contribution in [2.45, 2.75) is 51.6 Å². The number of ether oxygens (including phenoxy) is 1. The summed E-state index contributed by atoms with van der Waals surface area (Å²) in [5.74, 6) is 1.54. The third-order valence-electron chi connectivity index (χ3n) is 3.98. The number of hydrogen-bond acceptors (Lipinski definition) is 2. The van der Waals surface area contributed by atoms with Gasteiger partial charge >= 0.3 is 0 Å². The lowest BCUT2D eigenvalue weighted by molar-refractivity contribution is 0.0130. The topological polar surface area (TPSA) is 29.5 Å². The number of fused-ring (bicyclic) bond motifs is 1. The Kier molecular flexibility index (Phi) is 3.96. The number of aliphatic hydroxyl groups is 1. The van der Waals surface area contributed by atoms with Gasteiger partial charge in [-0.25, -0.2) is 0 Å². The fourth-order valence-corrected chi connectivity index (χ4v) is 2.72. The summed E-state index contributed by atoms with van der Waals surface area (Å²) in [7, 11) is 1.69. The Morgan fingerprint density at radius 1 is 1.33 bits per heavy atom. The van der Waals surface area contributed by atoms with Crippen LogP contribution in [0.25, 0.3) is 0 Å². The summed E-state index contributed by atoms with van der Waals surface area (Å²) >= 11 is 0. The maximum absolute atomic E-state index is 10.7. The maximum atomic E-state index is 10.7. The van der Waals surface area contributed by atoms with Crippen molar-refractivity contribution < 1.29 is 9.84 Å². The van der Waals surface area contributed by atoms with E-state index >= 15 is 0 Å². The summed E-state index contributed by atoms with van der Waals surface area (Å²) < 4.78 is 5.27. The minimum atomic E-state index is -0.510. The minimum absolute atomic E-state index is 0.510. The predicted molar refractivity (Wildman–Crippen MR) is 74.0 cm³/mol. The van der Waals surface area contributed by atoms with E-state index in [0.29, 0.717) is 5.92 Å². The first-order chi connectivity index (χ1) is 8.52. The van der Waals surface area contributed by atoms with Crippen LogP contribution < -0.4 is 4.74 Å². The zero-order chi connectivity index (χ0) is 13.2. The van der Waals surface area contributed by atoms with Gasteiger partial charge in [-0.2, -0.15) is 0 Å². The molecule has 2 nitrogen and oxygen atoms in total. The molecule has 1 N–H and O–H groups in total. The van der Waals surface area contributed by atoms with Crippen molar-refractivity contribution in [3.05, 3.63) is 29.3 Å². The van der Waals surface area contributed by atoms with Crippen molar-refractivity contribution >= 4 is 0 Å². The summed E-state index contributed by atoms with van der Waals surface area (Å²) in [5.41, 5.74) is 2.11. The molecule has 1 aliphatic rings. The van der Waals surface area contributed by atoms with Crippen molar-refractivity contribution in [2.24, 2.45) is 5.92 Å². The second kappa shape index (κ2) is 5.31. The van der Waals surface area contributed by atoms with E-state index in [1.54, 1.807) is 7.11 Å². The van der Waals surface area contributed by atoms with Crippen LogP contribution in [0.15, 0.2) is 18.2 Å². The van der Waals surface area contributed by atoms with Crippen molar-refractivity contribution in [2.75, 3.05) is 7.11 Å². The average molecular weight is 248 g/mol. The van der Waals surface area contributed by atoms with Crippen LogP contribution in [0.1, 0.15) is 44.2 Å². The highest BCUT2D eigenvalue weighted by Crippen LogP contribution is 2.34. The van der Waals surface area contributed by atoms with E-state index in [2.05, 4.69) is 26.0 Å². The summed E-state index contributed by atoms with van der Waals surface area (Å²) in [6.45, 7) is 4.42. The standard InChI is InChI=1S/C16H24O2/c1-12(2)6-8-16(17)9-7-13-4-5-15(18-3)10-14(13)11-16/h4-5,10,12,17H,6-9,11H2,1-3H3. The van der Waals surface area contributed by atoms with Crippen LogP contribution in [0.5, 0.6) is 5.75 Å². The molecule has 0 radical (unpaired) electrons. The molecule has 1 unspecified atom stereocenters. The van der Waals surface area contributed by atoms with E-state index in [4.69, 9.17) is 4.74 Å². The van der Waals surface area contributed by atoms with Gasteiger partial charge in [0.2, 0.25) is 0 Å². The first kappa shape index (κ1) is 13.4. The van der Waals surface area contributed by atoms with Gasteiger partial charge in [0, 0.05) is 6.42 Å². The smallest absolute Gasteiger partial charge is 0.119 e. The second-order valence-corrected chi connectivity index (χ2v) is 5.97. The Morgan fingerprint density at radius 3 is 2.78 bits per heavy atom. The molecule has 1 aromatic rings. The Labute approximate surface area is 110 Å². The monoisotopic (exact) mass is 248 g/mol. The van der Waals surface area contributed by atoms with Gasteiger partial charge < -0.3 is 9.84 Å². The van der Waals surface area contributed by atoms with Gasteiger partial charge in [-0.15, -0.1) is 0 Å². The molecule has 1 aliphatic carbocycles. The molecule has 18 heavy (non-hydrogen) atoms. The molecule has 0 saturated carbocycles. The van der Waals surface area contributed by atoms with E-state index < -0.39 is 5.60 Å². The molecule has 0 bridgehead atoms. The van der Waals surface area contributed by atoms with Crippen molar-refractivity contribution in [3.63, 3.8) is 0 Å². The molecule has 0 aliphatic heterocycles. The predicted octanol–water partition coefficient (Wildman–Crippen LogP) is 3.35. The van der Waals surface area contributed by atoms with Crippen LogP contribution in [0.4, 0.5) is 0 Å². The average Bonchev–Trinajstić information content (AvgIpc) is 2.35. The molecular formula is C16H24O2. The van der Waals surface area contributed by atoms with Crippen molar-refractivity contribution in [1.29, 1.82) is 0 Å². The molecule has 0 fully saturated rings. The highest BCUT2D eigenvalue weighted by Gasteiger charge is 2.31. The Hall–Kier alpha value is -1.02. The van der Waals surface area contributed by atoms with Gasteiger partial charge in [0.15, 0.2) is 0 Å². The molecular weight excluding hydrogens is 224 g/mol. The Morgan fingerprint density at radius 2 is 2.11 bits per heavy atom. The third kappa shape index (κ3) is 3.05. The number of hydrogen-bond donors (Lipinski definition) is 1. The van der Waals surface area contributed by atoms with Crippen LogP contribution in [0.2, 0.25) is 0 Å². The van der Waals surface area contributed by atoms with Crippen LogP contribution in [0.3, 0.4) is 0 Å².